The number of aryl methyl sites for hydroxylation is 7. The number of piperidine rings is 2. The van der Waals surface area contributed by atoms with Gasteiger partial charge in [-0.1, -0.05) is 66.7 Å². The van der Waals surface area contributed by atoms with Gasteiger partial charge in [-0.2, -0.15) is 0 Å². The van der Waals surface area contributed by atoms with Crippen LogP contribution >= 0.6 is 0 Å². The maximum Gasteiger partial charge on any atom is 0.138 e. The molecule has 6 atom stereocenters. The Labute approximate surface area is 694 Å². The van der Waals surface area contributed by atoms with Crippen LogP contribution in [0.5, 0.6) is 0 Å². The number of anilines is 1. The van der Waals surface area contributed by atoms with E-state index < -0.39 is 0 Å². The molecule has 12 heterocycles. The summed E-state index contributed by atoms with van der Waals surface area (Å²) in [6, 6.07) is 51.1. The summed E-state index contributed by atoms with van der Waals surface area (Å²) in [6.07, 6.45) is 30.7. The molecule has 3 aliphatic heterocycles. The molecule has 3 saturated heterocycles. The molecule has 117 heavy (non-hydrogen) atoms. The van der Waals surface area contributed by atoms with Crippen LogP contribution in [0.15, 0.2) is 171 Å². The van der Waals surface area contributed by atoms with Crippen LogP contribution in [0.1, 0.15) is 176 Å². The fourth-order valence-corrected chi connectivity index (χ4v) is 20.2. The van der Waals surface area contributed by atoms with Gasteiger partial charge in [0.05, 0.1) is 105 Å². The molecule has 0 bridgehead atoms. The van der Waals surface area contributed by atoms with E-state index in [1.807, 2.05) is 24.8 Å². The lowest BCUT2D eigenvalue weighted by Gasteiger charge is -2.44. The zero-order valence-corrected chi connectivity index (χ0v) is 71.4. The van der Waals surface area contributed by atoms with E-state index in [1.165, 1.54) is 156 Å². The number of hydrogen-bond donors (Lipinski definition) is 0. The van der Waals surface area contributed by atoms with Gasteiger partial charge in [0.25, 0.3) is 0 Å². The first-order valence-electron chi connectivity index (χ1n) is 44.0. The highest BCUT2D eigenvalue weighted by molar-refractivity contribution is 5.77. The van der Waals surface area contributed by atoms with Crippen molar-refractivity contribution in [3.8, 4) is 0 Å². The number of rotatable bonds is 23. The Morgan fingerprint density at radius 2 is 0.795 bits per heavy atom. The highest BCUT2D eigenvalue weighted by Crippen LogP contribution is 2.46. The summed E-state index contributed by atoms with van der Waals surface area (Å²) in [5, 5.41) is 0. The number of pyridine rings is 5. The predicted molar refractivity (Wildman–Crippen MR) is 473 cm³/mol. The van der Waals surface area contributed by atoms with Crippen LogP contribution in [0.4, 0.5) is 5.82 Å². The summed E-state index contributed by atoms with van der Waals surface area (Å²) < 4.78 is 9.61. The SMILES string of the molecule is CN(C)CCCn1c(CN(C)[C@H]2CCCc3cccnc32)nc2ccccc21.CN(C)CCCn1c(CN2CCC[C@@H]3CCc4cccnc4[C@@H]32)nc2ccccc21.CN(C)CCCn1c(CN2CCC[C@H]3CCc4cccnc4[C@H]32)nc2ccccc21.CN1CCN(c2cccc3nc(CN(C)[C@H]4CCCc5cccnc54)cn23)CC1. The topological polar surface area (TPSA) is 151 Å². The summed E-state index contributed by atoms with van der Waals surface area (Å²) in [5.41, 5.74) is 20.1. The smallest absolute Gasteiger partial charge is 0.138 e. The number of likely N-dealkylation sites (N-methyl/N-ethyl adjacent to an activating group) is 1. The molecule has 0 amide bonds. The predicted octanol–water partition coefficient (Wildman–Crippen LogP) is 15.4. The molecule has 616 valence electrons. The second kappa shape index (κ2) is 38.3. The van der Waals surface area contributed by atoms with Crippen molar-refractivity contribution in [1.29, 1.82) is 0 Å². The van der Waals surface area contributed by atoms with Crippen LogP contribution in [-0.2, 0) is 71.5 Å². The largest absolute Gasteiger partial charge is 0.355 e. The number of benzene rings is 3. The van der Waals surface area contributed by atoms with E-state index in [0.717, 1.165) is 182 Å². The minimum absolute atomic E-state index is 0.375. The third kappa shape index (κ3) is 19.1. The Hall–Kier alpha value is -9.16. The summed E-state index contributed by atoms with van der Waals surface area (Å²) in [7, 11) is 19.5. The summed E-state index contributed by atoms with van der Waals surface area (Å²) >= 11 is 0. The maximum atomic E-state index is 5.09. The van der Waals surface area contributed by atoms with E-state index >= 15 is 0 Å². The van der Waals surface area contributed by atoms with E-state index in [-0.39, 0.29) is 0 Å². The van der Waals surface area contributed by atoms with Gasteiger partial charge in [0.15, 0.2) is 0 Å². The van der Waals surface area contributed by atoms with Crippen molar-refractivity contribution in [2.45, 2.75) is 179 Å². The van der Waals surface area contributed by atoms with E-state index in [4.69, 9.17) is 39.9 Å². The zero-order valence-electron chi connectivity index (χ0n) is 71.4. The van der Waals surface area contributed by atoms with Gasteiger partial charge in [-0.25, -0.2) is 19.9 Å². The Morgan fingerprint density at radius 1 is 0.376 bits per heavy atom. The van der Waals surface area contributed by atoms with Crippen LogP contribution in [0, 0.1) is 11.8 Å². The molecule has 3 aromatic carbocycles. The molecule has 3 fully saturated rings. The second-order valence-corrected chi connectivity index (χ2v) is 35.2. The lowest BCUT2D eigenvalue weighted by molar-refractivity contribution is 0.0664. The summed E-state index contributed by atoms with van der Waals surface area (Å²) in [5.74, 6) is 6.28. The van der Waals surface area contributed by atoms with Gasteiger partial charge in [0.1, 0.15) is 28.9 Å². The molecule has 0 saturated carbocycles. The number of nitrogens with zero attached hydrogens (tertiary/aromatic N) is 21. The molecule has 7 aliphatic rings. The van der Waals surface area contributed by atoms with Gasteiger partial charge >= 0.3 is 0 Å². The minimum atomic E-state index is 0.375. The first kappa shape index (κ1) is 81.6. The lowest BCUT2D eigenvalue weighted by Crippen LogP contribution is -2.45. The molecular formula is C96H127N21. The van der Waals surface area contributed by atoms with Gasteiger partial charge in [0, 0.05) is 83.3 Å². The number of hydrogen-bond acceptors (Lipinski definition) is 17. The highest BCUT2D eigenvalue weighted by Gasteiger charge is 2.40. The van der Waals surface area contributed by atoms with E-state index in [9.17, 15) is 0 Å². The second-order valence-electron chi connectivity index (χ2n) is 35.2. The molecule has 0 radical (unpaired) electrons. The third-order valence-corrected chi connectivity index (χ3v) is 26.1. The van der Waals surface area contributed by atoms with Crippen molar-refractivity contribution in [2.24, 2.45) is 11.8 Å². The van der Waals surface area contributed by atoms with Gasteiger partial charge in [-0.05, 0) is 312 Å². The monoisotopic (exact) mass is 1570 g/mol. The van der Waals surface area contributed by atoms with Gasteiger partial charge in [0.2, 0.25) is 0 Å². The van der Waals surface area contributed by atoms with Gasteiger partial charge in [-0.3, -0.25) is 43.9 Å². The van der Waals surface area contributed by atoms with Crippen LogP contribution in [0.3, 0.4) is 0 Å². The fourth-order valence-electron chi connectivity index (χ4n) is 20.2. The number of para-hydroxylation sites is 6. The summed E-state index contributed by atoms with van der Waals surface area (Å²) in [4.78, 5) is 61.1. The van der Waals surface area contributed by atoms with E-state index in [2.05, 4.69) is 271 Å². The standard InChI is InChI=1S/2C25H33N5.C23H30N6.C23H31N5/c2*1-28(2)15-7-17-30-22-11-4-3-10-21(22)27-23(30)18-29-16-6-9-20-13-12-19-8-5-14-26-24(19)25(20)29;1-26-12-14-28(15-13-26)22-10-4-9-21-25-19(17-29(21)22)16-27(2)20-8-3-6-18-7-5-11-24-23(18)20;1-26(2)15-8-16-28-20-12-5-4-11-19(20)25-22(28)17-27(3)21-13-6-9-18-10-7-14-24-23(18)21/h2*3-5,8,10-11,14,20,25H,6-7,9,12-13,15-18H2,1-2H3;4-5,7,9-11,17,20H,3,6,8,12-16H2,1-2H3;4-5,7,10-12,14,21H,6,8-9,13,15-17H2,1-3H3/t2*20-,25-;20-;21-/m1000/s1. The first-order valence-corrected chi connectivity index (χ1v) is 44.0. The first-order chi connectivity index (χ1) is 57.2. The Kier molecular flexibility index (Phi) is 26.7. The van der Waals surface area contributed by atoms with Crippen LogP contribution in [-0.4, -0.2) is 220 Å². The molecule has 0 spiro atoms. The van der Waals surface area contributed by atoms with Crippen LogP contribution in [0.2, 0.25) is 0 Å². The number of piperazine rings is 1. The van der Waals surface area contributed by atoms with Crippen LogP contribution in [0.25, 0.3) is 38.7 Å². The zero-order chi connectivity index (χ0) is 80.3. The molecule has 12 aromatic rings. The molecule has 4 aliphatic carbocycles. The molecule has 9 aromatic heterocycles. The Bertz CT molecular complexity index is 5050. The number of likely N-dealkylation sites (tertiary alicyclic amines) is 2. The molecule has 0 unspecified atom stereocenters. The number of imidazole rings is 4. The Balaban J connectivity index is 0.000000117. The molecule has 19 rings (SSSR count). The van der Waals surface area contributed by atoms with Crippen LogP contribution < -0.4 is 4.90 Å². The highest BCUT2D eigenvalue weighted by atomic mass is 15.3. The quantitative estimate of drug-likeness (QED) is 0.0596. The van der Waals surface area contributed by atoms with Gasteiger partial charge < -0.3 is 38.2 Å². The van der Waals surface area contributed by atoms with Crippen molar-refractivity contribution in [1.82, 2.24) is 97.2 Å². The van der Waals surface area contributed by atoms with E-state index in [0.29, 0.717) is 24.2 Å². The molecule has 21 heteroatoms. The number of aromatic nitrogens is 12. The van der Waals surface area contributed by atoms with Crippen molar-refractivity contribution in [2.75, 3.05) is 127 Å². The third-order valence-electron chi connectivity index (χ3n) is 26.1. The average Bonchev–Trinajstić information content (AvgIpc) is 1.72. The fraction of sp³-hybridized carbons (Fsp3) is 0.500. The maximum absolute atomic E-state index is 5.09. The van der Waals surface area contributed by atoms with Crippen molar-refractivity contribution >= 4 is 44.6 Å². The van der Waals surface area contributed by atoms with E-state index in [1.54, 1.807) is 0 Å². The van der Waals surface area contributed by atoms with Crippen molar-refractivity contribution in [3.63, 3.8) is 0 Å². The number of fused-ring (bicyclic) bond motifs is 12. The normalized spacial score (nSPS) is 20.2. The average molecular weight is 1580 g/mol. The molecular weight excluding hydrogens is 1450 g/mol. The molecule has 0 N–H and O–H groups in total. The molecule has 21 nitrogen and oxygen atoms in total. The minimum Gasteiger partial charge on any atom is -0.355 e. The summed E-state index contributed by atoms with van der Waals surface area (Å²) in [6.45, 7) is 16.4. The van der Waals surface area contributed by atoms with Gasteiger partial charge in [-0.15, -0.1) is 0 Å². The Morgan fingerprint density at radius 3 is 1.26 bits per heavy atom. The lowest BCUT2D eigenvalue weighted by atomic mass is 9.77. The van der Waals surface area contributed by atoms with Crippen molar-refractivity contribution < 1.29 is 0 Å². The van der Waals surface area contributed by atoms with Crippen molar-refractivity contribution in [3.05, 3.63) is 239 Å².